The van der Waals surface area contributed by atoms with Crippen LogP contribution in [0.3, 0.4) is 0 Å². The van der Waals surface area contributed by atoms with Gasteiger partial charge in [0.15, 0.2) is 5.82 Å². The third-order valence-corrected chi connectivity index (χ3v) is 2.76. The molecule has 0 atom stereocenters. The van der Waals surface area contributed by atoms with E-state index in [1.54, 1.807) is 47.8 Å². The summed E-state index contributed by atoms with van der Waals surface area (Å²) >= 11 is 0. The van der Waals surface area contributed by atoms with Gasteiger partial charge >= 0.3 is 0 Å². The van der Waals surface area contributed by atoms with Crippen molar-refractivity contribution in [2.45, 2.75) is 13.3 Å². The maximum Gasteiger partial charge on any atom is 0.266 e. The number of aryl methyl sites for hydroxylation is 1. The van der Waals surface area contributed by atoms with Crippen LogP contribution >= 0.6 is 0 Å². The van der Waals surface area contributed by atoms with Gasteiger partial charge in [0.2, 0.25) is 0 Å². The minimum absolute atomic E-state index is 0.405. The fourth-order valence-corrected chi connectivity index (χ4v) is 1.72. The van der Waals surface area contributed by atoms with Crippen molar-refractivity contribution in [3.05, 3.63) is 54.1 Å². The topological polar surface area (TPSA) is 93.7 Å². The first-order chi connectivity index (χ1) is 10.9. The Morgan fingerprint density at radius 2 is 1.86 bits per heavy atom. The standard InChI is InChI=1S/C14H14N6O2/c1-2-13-17-19-14(18-15-9-11-5-3-7-21-11)20(13)16-10-12-6-4-8-22-12/h3-10H,2H2,1H3,(H,18,19). The lowest BCUT2D eigenvalue weighted by molar-refractivity contribution is 0.559. The Kier molecular flexibility index (Phi) is 4.10. The van der Waals surface area contributed by atoms with Gasteiger partial charge in [-0.3, -0.25) is 0 Å². The van der Waals surface area contributed by atoms with Gasteiger partial charge < -0.3 is 8.83 Å². The van der Waals surface area contributed by atoms with Crippen molar-refractivity contribution in [2.24, 2.45) is 10.2 Å². The van der Waals surface area contributed by atoms with Crippen molar-refractivity contribution in [3.63, 3.8) is 0 Å². The number of furan rings is 2. The van der Waals surface area contributed by atoms with Gasteiger partial charge in [0, 0.05) is 6.42 Å². The third kappa shape index (κ3) is 3.11. The number of anilines is 1. The largest absolute Gasteiger partial charge is 0.463 e. The molecule has 1 N–H and O–H groups in total. The Bertz CT molecular complexity index is 755. The zero-order chi connectivity index (χ0) is 15.2. The average molecular weight is 298 g/mol. The Balaban J connectivity index is 1.77. The number of nitrogens with one attached hydrogen (secondary N) is 1. The summed E-state index contributed by atoms with van der Waals surface area (Å²) in [6, 6.07) is 7.18. The molecule has 0 bridgehead atoms. The lowest BCUT2D eigenvalue weighted by atomic mass is 10.5. The molecule has 0 fully saturated rings. The van der Waals surface area contributed by atoms with E-state index in [1.165, 1.54) is 0 Å². The number of hydrogen-bond acceptors (Lipinski definition) is 7. The van der Waals surface area contributed by atoms with Crippen LogP contribution in [-0.4, -0.2) is 27.3 Å². The summed E-state index contributed by atoms with van der Waals surface area (Å²) in [5.41, 5.74) is 2.79. The predicted octanol–water partition coefficient (Wildman–Crippen LogP) is 2.35. The molecule has 0 amide bonds. The van der Waals surface area contributed by atoms with Crippen LogP contribution < -0.4 is 5.43 Å². The number of rotatable bonds is 6. The van der Waals surface area contributed by atoms with Gasteiger partial charge in [-0.05, 0) is 24.3 Å². The molecule has 0 saturated carbocycles. The monoisotopic (exact) mass is 298 g/mol. The van der Waals surface area contributed by atoms with E-state index < -0.39 is 0 Å². The van der Waals surface area contributed by atoms with Crippen LogP contribution in [0.5, 0.6) is 0 Å². The predicted molar refractivity (Wildman–Crippen MR) is 81.0 cm³/mol. The van der Waals surface area contributed by atoms with E-state index in [4.69, 9.17) is 8.83 Å². The Labute approximate surface area is 126 Å². The van der Waals surface area contributed by atoms with Crippen LogP contribution in [0.1, 0.15) is 24.3 Å². The third-order valence-electron chi connectivity index (χ3n) is 2.76. The first-order valence-corrected chi connectivity index (χ1v) is 6.71. The summed E-state index contributed by atoms with van der Waals surface area (Å²) in [5.74, 6) is 2.38. The van der Waals surface area contributed by atoms with Crippen molar-refractivity contribution in [1.82, 2.24) is 14.9 Å². The molecule has 0 saturated heterocycles. The Hall–Kier alpha value is -3.16. The molecule has 3 rings (SSSR count). The molecule has 0 unspecified atom stereocenters. The summed E-state index contributed by atoms with van der Waals surface area (Å²) in [7, 11) is 0. The van der Waals surface area contributed by atoms with Crippen LogP contribution in [0, 0.1) is 0 Å². The van der Waals surface area contributed by atoms with Gasteiger partial charge in [-0.25, -0.2) is 5.43 Å². The van der Waals surface area contributed by atoms with E-state index >= 15 is 0 Å². The molecular formula is C14H14N6O2. The molecule has 0 aliphatic carbocycles. The highest BCUT2D eigenvalue weighted by molar-refractivity contribution is 5.76. The van der Waals surface area contributed by atoms with E-state index in [2.05, 4.69) is 25.8 Å². The van der Waals surface area contributed by atoms with Crippen LogP contribution in [0.15, 0.2) is 55.8 Å². The molecule has 0 aliphatic heterocycles. The highest BCUT2D eigenvalue weighted by atomic mass is 16.3. The van der Waals surface area contributed by atoms with Crippen molar-refractivity contribution >= 4 is 18.4 Å². The number of aromatic nitrogens is 3. The quantitative estimate of drug-likeness (QED) is 0.557. The van der Waals surface area contributed by atoms with Gasteiger partial charge in [-0.2, -0.15) is 14.9 Å². The van der Waals surface area contributed by atoms with Gasteiger partial charge in [0.25, 0.3) is 5.95 Å². The first kappa shape index (κ1) is 13.8. The highest BCUT2D eigenvalue weighted by Gasteiger charge is 2.09. The van der Waals surface area contributed by atoms with Crippen LogP contribution in [0.2, 0.25) is 0 Å². The lowest BCUT2D eigenvalue weighted by Gasteiger charge is -2.01. The number of hydrogen-bond donors (Lipinski definition) is 1. The maximum atomic E-state index is 5.21. The molecular weight excluding hydrogens is 284 g/mol. The molecule has 0 aromatic carbocycles. The smallest absolute Gasteiger partial charge is 0.266 e. The van der Waals surface area contributed by atoms with Crippen LogP contribution in [0.4, 0.5) is 5.95 Å². The van der Waals surface area contributed by atoms with Crippen LogP contribution in [-0.2, 0) is 6.42 Å². The fraction of sp³-hybridized carbons (Fsp3) is 0.143. The molecule has 0 spiro atoms. The minimum Gasteiger partial charge on any atom is -0.463 e. The van der Waals surface area contributed by atoms with E-state index in [0.717, 1.165) is 0 Å². The van der Waals surface area contributed by atoms with E-state index in [9.17, 15) is 0 Å². The van der Waals surface area contributed by atoms with Crippen molar-refractivity contribution in [3.8, 4) is 0 Å². The van der Waals surface area contributed by atoms with Gasteiger partial charge in [-0.1, -0.05) is 6.92 Å². The second-order valence-electron chi connectivity index (χ2n) is 4.25. The van der Waals surface area contributed by atoms with Gasteiger partial charge in [-0.15, -0.1) is 10.2 Å². The zero-order valence-electron chi connectivity index (χ0n) is 11.9. The summed E-state index contributed by atoms with van der Waals surface area (Å²) in [6.45, 7) is 1.97. The molecule has 22 heavy (non-hydrogen) atoms. The second kappa shape index (κ2) is 6.53. The number of hydrazone groups is 1. The van der Waals surface area contributed by atoms with Gasteiger partial charge in [0.05, 0.1) is 25.0 Å². The first-order valence-electron chi connectivity index (χ1n) is 6.71. The van der Waals surface area contributed by atoms with Crippen molar-refractivity contribution in [2.75, 3.05) is 5.43 Å². The minimum atomic E-state index is 0.405. The summed E-state index contributed by atoms with van der Waals surface area (Å²) in [6.07, 6.45) is 6.98. The molecule has 8 nitrogen and oxygen atoms in total. The molecule has 8 heteroatoms. The summed E-state index contributed by atoms with van der Waals surface area (Å²) in [5, 5.41) is 16.4. The summed E-state index contributed by atoms with van der Waals surface area (Å²) < 4.78 is 11.9. The SMILES string of the molecule is CCc1nnc(NN=Cc2ccco2)n1N=Cc1ccco1. The van der Waals surface area contributed by atoms with E-state index in [-0.39, 0.29) is 0 Å². The van der Waals surface area contributed by atoms with E-state index in [0.29, 0.717) is 29.7 Å². The lowest BCUT2D eigenvalue weighted by Crippen LogP contribution is -2.02. The maximum absolute atomic E-state index is 5.21. The second-order valence-corrected chi connectivity index (χ2v) is 4.25. The Morgan fingerprint density at radius 3 is 2.50 bits per heavy atom. The molecule has 3 aromatic rings. The highest BCUT2D eigenvalue weighted by Crippen LogP contribution is 2.09. The van der Waals surface area contributed by atoms with Crippen molar-refractivity contribution < 1.29 is 8.83 Å². The average Bonchev–Trinajstić information content (AvgIpc) is 3.27. The molecule has 3 aromatic heterocycles. The van der Waals surface area contributed by atoms with Crippen LogP contribution in [0.25, 0.3) is 0 Å². The molecule has 0 aliphatic rings. The molecule has 3 heterocycles. The van der Waals surface area contributed by atoms with E-state index in [1.807, 2.05) is 13.0 Å². The summed E-state index contributed by atoms with van der Waals surface area (Å²) in [4.78, 5) is 0. The zero-order valence-corrected chi connectivity index (χ0v) is 11.9. The van der Waals surface area contributed by atoms with Crippen molar-refractivity contribution in [1.29, 1.82) is 0 Å². The normalized spacial score (nSPS) is 11.7. The fourth-order valence-electron chi connectivity index (χ4n) is 1.72. The Morgan fingerprint density at radius 1 is 1.14 bits per heavy atom. The number of nitrogens with zero attached hydrogens (tertiary/aromatic N) is 5. The molecule has 0 radical (unpaired) electrons. The van der Waals surface area contributed by atoms with Gasteiger partial charge in [0.1, 0.15) is 11.5 Å². The molecule has 112 valence electrons.